The lowest BCUT2D eigenvalue weighted by molar-refractivity contribution is 0.384. The van der Waals surface area contributed by atoms with Crippen molar-refractivity contribution < 1.29 is 8.42 Å². The Morgan fingerprint density at radius 2 is 1.88 bits per heavy atom. The molecule has 0 amide bonds. The number of aromatic nitrogens is 2. The maximum atomic E-state index is 13.1. The van der Waals surface area contributed by atoms with Crippen molar-refractivity contribution in [1.82, 2.24) is 13.7 Å². The van der Waals surface area contributed by atoms with Gasteiger partial charge in [-0.3, -0.25) is 4.40 Å². The Kier molecular flexibility index (Phi) is 5.69. The van der Waals surface area contributed by atoms with Crippen molar-refractivity contribution in [2.24, 2.45) is 0 Å². The van der Waals surface area contributed by atoms with E-state index in [9.17, 15) is 13.7 Å². The Morgan fingerprint density at radius 1 is 1.15 bits per heavy atom. The van der Waals surface area contributed by atoms with Crippen LogP contribution < -0.4 is 4.90 Å². The molecule has 1 aliphatic rings. The number of anilines is 1. The first-order chi connectivity index (χ1) is 15.9. The number of nitrogens with zero attached hydrogens (tertiary/aromatic N) is 5. The van der Waals surface area contributed by atoms with E-state index in [1.54, 1.807) is 16.4 Å². The fourth-order valence-corrected chi connectivity index (χ4v) is 8.21. The zero-order valence-corrected chi connectivity index (χ0v) is 21.5. The lowest BCUT2D eigenvalue weighted by Gasteiger charge is -2.37. The molecule has 0 aliphatic carbocycles. The van der Waals surface area contributed by atoms with Gasteiger partial charge < -0.3 is 4.90 Å². The molecule has 0 radical (unpaired) electrons. The predicted molar refractivity (Wildman–Crippen MR) is 135 cm³/mol. The van der Waals surface area contributed by atoms with Gasteiger partial charge in [0.15, 0.2) is 5.65 Å². The number of pyridine rings is 1. The second kappa shape index (κ2) is 8.40. The van der Waals surface area contributed by atoms with E-state index in [1.165, 1.54) is 11.3 Å². The molecular weight excluding hydrogens is 522 g/mol. The van der Waals surface area contributed by atoms with Gasteiger partial charge >= 0.3 is 0 Å². The molecule has 3 aromatic heterocycles. The number of rotatable bonds is 4. The average molecular weight is 544 g/mol. The molecule has 1 fully saturated rings. The van der Waals surface area contributed by atoms with Crippen LogP contribution in [0.1, 0.15) is 23.6 Å². The zero-order valence-electron chi connectivity index (χ0n) is 18.2. The number of imidazole rings is 1. The second-order valence-corrected chi connectivity index (χ2v) is 12.6. The lowest BCUT2D eigenvalue weighted by Crippen LogP contribution is -2.49. The van der Waals surface area contributed by atoms with Gasteiger partial charge in [-0.15, -0.1) is 11.3 Å². The summed E-state index contributed by atoms with van der Waals surface area (Å²) in [4.78, 5) is 7.02. The van der Waals surface area contributed by atoms with E-state index < -0.39 is 10.0 Å². The second-order valence-electron chi connectivity index (χ2n) is 7.98. The van der Waals surface area contributed by atoms with Gasteiger partial charge in [0.05, 0.1) is 20.4 Å². The largest absolute Gasteiger partial charge is 0.355 e. The normalized spacial score (nSPS) is 15.4. The Balaban J connectivity index is 1.59. The summed E-state index contributed by atoms with van der Waals surface area (Å²) in [7, 11) is -3.51. The SMILES string of the molecule is CCc1c(C)c(C#N)c2nc3ccccc3n2c1N1CCN(S(=O)(=O)c2ccc(Br)s2)CC1. The summed E-state index contributed by atoms with van der Waals surface area (Å²) >= 11 is 4.59. The highest BCUT2D eigenvalue weighted by atomic mass is 79.9. The molecule has 4 aromatic rings. The maximum absolute atomic E-state index is 13.1. The smallest absolute Gasteiger partial charge is 0.252 e. The topological polar surface area (TPSA) is 81.7 Å². The van der Waals surface area contributed by atoms with Gasteiger partial charge in [-0.1, -0.05) is 19.1 Å². The van der Waals surface area contributed by atoms with Crippen molar-refractivity contribution in [2.45, 2.75) is 24.5 Å². The van der Waals surface area contributed by atoms with Crippen LogP contribution in [-0.4, -0.2) is 48.3 Å². The van der Waals surface area contributed by atoms with Crippen molar-refractivity contribution in [2.75, 3.05) is 31.1 Å². The Morgan fingerprint density at radius 3 is 2.52 bits per heavy atom. The quantitative estimate of drug-likeness (QED) is 0.376. The number of para-hydroxylation sites is 2. The molecular formula is C23H22BrN5O2S2. The van der Waals surface area contributed by atoms with Crippen LogP contribution in [0.3, 0.4) is 0 Å². The molecule has 170 valence electrons. The fraction of sp³-hybridized carbons (Fsp3) is 0.304. The summed E-state index contributed by atoms with van der Waals surface area (Å²) < 4.78 is 31.0. The van der Waals surface area contributed by atoms with E-state index in [0.29, 0.717) is 41.6 Å². The molecule has 33 heavy (non-hydrogen) atoms. The monoisotopic (exact) mass is 543 g/mol. The average Bonchev–Trinajstić information content (AvgIpc) is 3.42. The zero-order chi connectivity index (χ0) is 23.3. The summed E-state index contributed by atoms with van der Waals surface area (Å²) in [5.41, 5.74) is 5.08. The molecule has 4 heterocycles. The van der Waals surface area contributed by atoms with Crippen LogP contribution in [0, 0.1) is 18.3 Å². The Hall–Kier alpha value is -2.45. The van der Waals surface area contributed by atoms with E-state index in [0.717, 1.165) is 38.2 Å². The van der Waals surface area contributed by atoms with Gasteiger partial charge in [0.2, 0.25) is 0 Å². The van der Waals surface area contributed by atoms with Crippen molar-refractivity contribution >= 4 is 59.8 Å². The molecule has 5 rings (SSSR count). The van der Waals surface area contributed by atoms with Crippen LogP contribution in [-0.2, 0) is 16.4 Å². The maximum Gasteiger partial charge on any atom is 0.252 e. The number of thiophene rings is 1. The van der Waals surface area contributed by atoms with E-state index in [2.05, 4.69) is 38.2 Å². The molecule has 0 spiro atoms. The van der Waals surface area contributed by atoms with Gasteiger partial charge in [-0.2, -0.15) is 9.57 Å². The third-order valence-electron chi connectivity index (χ3n) is 6.24. The summed E-state index contributed by atoms with van der Waals surface area (Å²) in [5.74, 6) is 1.01. The number of halogens is 1. The fourth-order valence-electron chi connectivity index (χ4n) is 4.62. The highest BCUT2D eigenvalue weighted by Gasteiger charge is 2.32. The van der Waals surface area contributed by atoms with Gasteiger partial charge in [-0.25, -0.2) is 13.4 Å². The van der Waals surface area contributed by atoms with Crippen LogP contribution in [0.25, 0.3) is 16.7 Å². The highest BCUT2D eigenvalue weighted by Crippen LogP contribution is 2.35. The Bertz CT molecular complexity index is 1530. The predicted octanol–water partition coefficient (Wildman–Crippen LogP) is 4.56. The highest BCUT2D eigenvalue weighted by molar-refractivity contribution is 9.11. The number of piperazine rings is 1. The lowest BCUT2D eigenvalue weighted by atomic mass is 10.0. The number of benzene rings is 1. The van der Waals surface area contributed by atoms with Crippen molar-refractivity contribution in [3.05, 3.63) is 56.9 Å². The van der Waals surface area contributed by atoms with Crippen LogP contribution in [0.2, 0.25) is 0 Å². The first kappa shape index (κ1) is 22.3. The molecule has 7 nitrogen and oxygen atoms in total. The molecule has 1 saturated heterocycles. The number of sulfonamides is 1. The molecule has 0 atom stereocenters. The van der Waals surface area contributed by atoms with Gasteiger partial charge in [0.25, 0.3) is 10.0 Å². The van der Waals surface area contributed by atoms with E-state index in [1.807, 2.05) is 31.2 Å². The van der Waals surface area contributed by atoms with Gasteiger partial charge in [0, 0.05) is 26.2 Å². The first-order valence-corrected chi connectivity index (χ1v) is 13.7. The molecule has 0 N–H and O–H groups in total. The molecule has 0 saturated carbocycles. The summed E-state index contributed by atoms with van der Waals surface area (Å²) in [6.45, 7) is 5.99. The van der Waals surface area contributed by atoms with E-state index in [4.69, 9.17) is 4.98 Å². The Labute approximate surface area is 205 Å². The molecule has 1 aromatic carbocycles. The van der Waals surface area contributed by atoms with E-state index >= 15 is 0 Å². The standard InChI is InChI=1S/C23H22BrN5O2S2/c1-3-16-15(2)17(14-25)22-26-18-6-4-5-7-19(18)29(22)23(16)27-10-12-28(13-11-27)33(30,31)21-9-8-20(24)32-21/h4-9H,3,10-13H2,1-2H3. The minimum atomic E-state index is -3.51. The van der Waals surface area contributed by atoms with Gasteiger partial charge in [0.1, 0.15) is 16.1 Å². The van der Waals surface area contributed by atoms with Crippen LogP contribution in [0.4, 0.5) is 5.82 Å². The molecule has 1 aliphatic heterocycles. The number of hydrogen-bond acceptors (Lipinski definition) is 6. The van der Waals surface area contributed by atoms with Crippen molar-refractivity contribution in [3.63, 3.8) is 0 Å². The third-order valence-corrected chi connectivity index (χ3v) is 10.2. The summed E-state index contributed by atoms with van der Waals surface area (Å²) in [5, 5.41) is 9.90. The minimum Gasteiger partial charge on any atom is -0.355 e. The summed E-state index contributed by atoms with van der Waals surface area (Å²) in [6, 6.07) is 13.7. The molecule has 0 bridgehead atoms. The van der Waals surface area contributed by atoms with Gasteiger partial charge in [-0.05, 0) is 64.7 Å². The minimum absolute atomic E-state index is 0.356. The van der Waals surface area contributed by atoms with Crippen molar-refractivity contribution in [1.29, 1.82) is 5.26 Å². The number of fused-ring (bicyclic) bond motifs is 3. The molecule has 10 heteroatoms. The van der Waals surface area contributed by atoms with Crippen LogP contribution in [0.5, 0.6) is 0 Å². The first-order valence-electron chi connectivity index (χ1n) is 10.7. The summed E-state index contributed by atoms with van der Waals surface area (Å²) in [6.07, 6.45) is 0.764. The van der Waals surface area contributed by atoms with E-state index in [-0.39, 0.29) is 0 Å². The number of nitriles is 1. The third kappa shape index (κ3) is 3.54. The number of hydrogen-bond donors (Lipinski definition) is 0. The molecule has 0 unspecified atom stereocenters. The van der Waals surface area contributed by atoms with Crippen LogP contribution >= 0.6 is 27.3 Å². The van der Waals surface area contributed by atoms with Crippen molar-refractivity contribution in [3.8, 4) is 6.07 Å². The van der Waals surface area contributed by atoms with Crippen LogP contribution in [0.15, 0.2) is 44.4 Å².